The molecule has 3 aromatic rings. The van der Waals surface area contributed by atoms with Crippen LogP contribution in [0.25, 0.3) is 11.5 Å². The van der Waals surface area contributed by atoms with Gasteiger partial charge in [-0.25, -0.2) is 5.01 Å². The summed E-state index contributed by atoms with van der Waals surface area (Å²) in [5, 5.41) is 12.7. The Balaban J connectivity index is 1.46. The summed E-state index contributed by atoms with van der Waals surface area (Å²) in [5.41, 5.74) is 2.22. The minimum Gasteiger partial charge on any atom is -0.415 e. The van der Waals surface area contributed by atoms with Gasteiger partial charge in [-0.2, -0.15) is 13.9 Å². The molecule has 9 heteroatoms. The van der Waals surface area contributed by atoms with E-state index in [0.717, 1.165) is 24.0 Å². The molecule has 1 atom stereocenters. The van der Waals surface area contributed by atoms with Crippen LogP contribution < -0.4 is 0 Å². The second-order valence-electron chi connectivity index (χ2n) is 7.81. The van der Waals surface area contributed by atoms with Crippen LogP contribution in [0.2, 0.25) is 0 Å². The van der Waals surface area contributed by atoms with Crippen LogP contribution in [0.3, 0.4) is 0 Å². The molecule has 4 rings (SSSR count). The zero-order chi connectivity index (χ0) is 23.2. The number of hydrogen-bond acceptors (Lipinski definition) is 6. The largest absolute Gasteiger partial charge is 0.415 e. The van der Waals surface area contributed by atoms with Gasteiger partial charge in [0.2, 0.25) is 11.8 Å². The first-order valence-corrected chi connectivity index (χ1v) is 10.7. The van der Waals surface area contributed by atoms with Crippen LogP contribution in [0.4, 0.5) is 8.78 Å². The average molecular weight is 454 g/mol. The minimum absolute atomic E-state index is 0.0169. The van der Waals surface area contributed by atoms with Crippen LogP contribution in [-0.4, -0.2) is 47.6 Å². The number of carbonyl (C=O) groups is 1. The second-order valence-corrected chi connectivity index (χ2v) is 7.81. The van der Waals surface area contributed by atoms with Gasteiger partial charge >= 0.3 is 6.43 Å². The van der Waals surface area contributed by atoms with Gasteiger partial charge < -0.3 is 9.15 Å². The van der Waals surface area contributed by atoms with E-state index in [1.54, 1.807) is 37.5 Å². The molecular weight excluding hydrogens is 430 g/mol. The van der Waals surface area contributed by atoms with Crippen molar-refractivity contribution in [1.82, 2.24) is 15.2 Å². The lowest BCUT2D eigenvalue weighted by Crippen LogP contribution is -2.34. The number of nitrogens with zero attached hydrogens (tertiary/aromatic N) is 4. The van der Waals surface area contributed by atoms with E-state index in [4.69, 9.17) is 9.15 Å². The first-order valence-electron chi connectivity index (χ1n) is 10.7. The third-order valence-corrected chi connectivity index (χ3v) is 5.65. The Morgan fingerprint density at radius 2 is 1.79 bits per heavy atom. The summed E-state index contributed by atoms with van der Waals surface area (Å²) in [6.07, 6.45) is 0.415. The highest BCUT2D eigenvalue weighted by atomic mass is 19.3. The summed E-state index contributed by atoms with van der Waals surface area (Å²) in [7, 11) is 1.65. The SMILES string of the molecule is CN(/N=C/c1ccc(-c2nnc(C(F)F)o2)cc1)C(=O)[C@@H](c1ccccc1)C1CCOCC1. The first-order chi connectivity index (χ1) is 16.0. The molecule has 0 saturated carbocycles. The van der Waals surface area contributed by atoms with E-state index in [-0.39, 0.29) is 23.6 Å². The number of hydrogen-bond donors (Lipinski definition) is 0. The molecule has 0 unspecified atom stereocenters. The quantitative estimate of drug-likeness (QED) is 0.383. The monoisotopic (exact) mass is 454 g/mol. The smallest absolute Gasteiger partial charge is 0.314 e. The molecule has 1 amide bonds. The van der Waals surface area contributed by atoms with Crippen LogP contribution in [0.1, 0.15) is 42.2 Å². The number of alkyl halides is 2. The molecule has 0 radical (unpaired) electrons. The van der Waals surface area contributed by atoms with Crippen LogP contribution in [0.15, 0.2) is 64.1 Å². The van der Waals surface area contributed by atoms with Crippen molar-refractivity contribution in [3.63, 3.8) is 0 Å². The number of rotatable bonds is 7. The maximum Gasteiger partial charge on any atom is 0.314 e. The predicted molar refractivity (Wildman–Crippen MR) is 118 cm³/mol. The number of carbonyl (C=O) groups excluding carboxylic acids is 1. The molecule has 7 nitrogen and oxygen atoms in total. The standard InChI is InChI=1S/C24H24F2N4O3/c1-30(24(31)20(17-5-3-2-4-6-17)18-11-13-32-14-12-18)27-15-16-7-9-19(10-8-16)22-28-29-23(33-22)21(25)26/h2-10,15,18,20-21H,11-14H2,1H3/b27-15+/t20-/m0/s1. The van der Waals surface area contributed by atoms with E-state index in [1.165, 1.54) is 5.01 Å². The molecule has 0 aliphatic carbocycles. The summed E-state index contributed by atoms with van der Waals surface area (Å²) in [4.78, 5) is 13.3. The summed E-state index contributed by atoms with van der Waals surface area (Å²) >= 11 is 0. The van der Waals surface area contributed by atoms with E-state index in [0.29, 0.717) is 18.8 Å². The maximum absolute atomic E-state index is 13.3. The lowest BCUT2D eigenvalue weighted by atomic mass is 9.80. The maximum atomic E-state index is 13.3. The number of ether oxygens (including phenoxy) is 1. The summed E-state index contributed by atoms with van der Waals surface area (Å²) in [6.45, 7) is 1.30. The fourth-order valence-electron chi connectivity index (χ4n) is 3.89. The van der Waals surface area contributed by atoms with Crippen molar-refractivity contribution in [2.24, 2.45) is 11.0 Å². The zero-order valence-corrected chi connectivity index (χ0v) is 18.1. The Morgan fingerprint density at radius 3 is 2.42 bits per heavy atom. The third kappa shape index (κ3) is 5.48. The van der Waals surface area contributed by atoms with E-state index < -0.39 is 12.3 Å². The molecule has 1 aliphatic rings. The fraction of sp³-hybridized carbons (Fsp3) is 0.333. The molecule has 0 N–H and O–H groups in total. The minimum atomic E-state index is -2.81. The molecule has 172 valence electrons. The van der Waals surface area contributed by atoms with Crippen molar-refractivity contribution in [3.05, 3.63) is 71.6 Å². The van der Waals surface area contributed by atoms with Gasteiger partial charge in [-0.3, -0.25) is 4.79 Å². The van der Waals surface area contributed by atoms with Gasteiger partial charge in [-0.15, -0.1) is 10.2 Å². The van der Waals surface area contributed by atoms with Gasteiger partial charge in [-0.1, -0.05) is 42.5 Å². The molecule has 2 heterocycles. The number of aromatic nitrogens is 2. The molecule has 0 spiro atoms. The van der Waals surface area contributed by atoms with Crippen molar-refractivity contribution >= 4 is 12.1 Å². The van der Waals surface area contributed by atoms with Gasteiger partial charge in [0, 0.05) is 25.8 Å². The molecule has 2 aromatic carbocycles. The second kappa shape index (κ2) is 10.4. The molecule has 1 fully saturated rings. The van der Waals surface area contributed by atoms with Crippen LogP contribution in [0.5, 0.6) is 0 Å². The fourth-order valence-corrected chi connectivity index (χ4v) is 3.89. The Morgan fingerprint density at radius 1 is 1.09 bits per heavy atom. The van der Waals surface area contributed by atoms with Gasteiger partial charge in [-0.05, 0) is 42.0 Å². The summed E-state index contributed by atoms with van der Waals surface area (Å²) in [6, 6.07) is 16.6. The van der Waals surface area contributed by atoms with Crippen LogP contribution in [-0.2, 0) is 9.53 Å². The van der Waals surface area contributed by atoms with Crippen LogP contribution >= 0.6 is 0 Å². The Hall–Kier alpha value is -3.46. The lowest BCUT2D eigenvalue weighted by Gasteiger charge is -2.31. The third-order valence-electron chi connectivity index (χ3n) is 5.65. The zero-order valence-electron chi connectivity index (χ0n) is 18.1. The van der Waals surface area contributed by atoms with Gasteiger partial charge in [0.25, 0.3) is 5.89 Å². The highest BCUT2D eigenvalue weighted by Crippen LogP contribution is 2.33. The average Bonchev–Trinajstić information content (AvgIpc) is 3.35. The molecular formula is C24H24F2N4O3. The molecule has 0 bridgehead atoms. The number of benzene rings is 2. The molecule has 1 saturated heterocycles. The van der Waals surface area contributed by atoms with Crippen molar-refractivity contribution < 1.29 is 22.7 Å². The topological polar surface area (TPSA) is 80.8 Å². The van der Waals surface area contributed by atoms with Crippen molar-refractivity contribution in [2.75, 3.05) is 20.3 Å². The van der Waals surface area contributed by atoms with Crippen molar-refractivity contribution in [2.45, 2.75) is 25.2 Å². The molecule has 1 aliphatic heterocycles. The van der Waals surface area contributed by atoms with E-state index in [1.807, 2.05) is 30.3 Å². The highest BCUT2D eigenvalue weighted by Gasteiger charge is 2.33. The number of likely N-dealkylation sites (N-methyl/N-ethyl adjacent to an activating group) is 1. The number of hydrazone groups is 1. The Kier molecular flexibility index (Phi) is 7.19. The predicted octanol–water partition coefficient (Wildman–Crippen LogP) is 4.68. The first kappa shape index (κ1) is 22.7. The van der Waals surface area contributed by atoms with Gasteiger partial charge in [0.05, 0.1) is 12.1 Å². The van der Waals surface area contributed by atoms with E-state index in [2.05, 4.69) is 15.3 Å². The summed E-state index contributed by atoms with van der Waals surface area (Å²) in [5.74, 6) is -0.873. The molecule has 33 heavy (non-hydrogen) atoms. The highest BCUT2D eigenvalue weighted by molar-refractivity contribution is 5.86. The molecule has 1 aromatic heterocycles. The lowest BCUT2D eigenvalue weighted by molar-refractivity contribution is -0.133. The van der Waals surface area contributed by atoms with Crippen molar-refractivity contribution in [1.29, 1.82) is 0 Å². The number of amides is 1. The Bertz CT molecular complexity index is 1080. The van der Waals surface area contributed by atoms with Crippen molar-refractivity contribution in [3.8, 4) is 11.5 Å². The summed E-state index contributed by atoms with van der Waals surface area (Å²) < 4.78 is 35.7. The normalized spacial score (nSPS) is 15.8. The van der Waals surface area contributed by atoms with E-state index >= 15 is 0 Å². The van der Waals surface area contributed by atoms with Crippen LogP contribution in [0, 0.1) is 5.92 Å². The number of halogens is 2. The van der Waals surface area contributed by atoms with E-state index in [9.17, 15) is 13.6 Å². The van der Waals surface area contributed by atoms with Gasteiger partial charge in [0.15, 0.2) is 0 Å². The Labute approximate surface area is 190 Å². The van der Waals surface area contributed by atoms with Gasteiger partial charge in [0.1, 0.15) is 0 Å².